The second kappa shape index (κ2) is 4.18. The molecule has 0 aliphatic rings. The van der Waals surface area contributed by atoms with Gasteiger partial charge in [-0.15, -0.1) is 0 Å². The van der Waals surface area contributed by atoms with Gasteiger partial charge >= 0.3 is 0 Å². The van der Waals surface area contributed by atoms with Gasteiger partial charge in [0.05, 0.1) is 0 Å². The van der Waals surface area contributed by atoms with Crippen molar-refractivity contribution >= 4 is 11.4 Å². The van der Waals surface area contributed by atoms with Crippen LogP contribution in [0.1, 0.15) is 11.1 Å². The highest BCUT2D eigenvalue weighted by Gasteiger charge is 1.98. The number of nitrogens with one attached hydrogen (secondary N) is 1. The van der Waals surface area contributed by atoms with Crippen molar-refractivity contribution in [3.63, 3.8) is 0 Å². The van der Waals surface area contributed by atoms with Crippen molar-refractivity contribution in [1.29, 1.82) is 0 Å². The first-order valence-electron chi connectivity index (χ1n) is 5.15. The topological polar surface area (TPSA) is 12.0 Å². The molecule has 2 aromatic carbocycles. The Balaban J connectivity index is 2.28. The first kappa shape index (κ1) is 9.78. The molecule has 1 N–H and O–H groups in total. The molecule has 1 heteroatoms. The highest BCUT2D eigenvalue weighted by atomic mass is 14.9. The Morgan fingerprint density at radius 1 is 0.867 bits per heavy atom. The predicted molar refractivity (Wildman–Crippen MR) is 65.6 cm³/mol. The molecule has 2 aromatic rings. The molecule has 2 rings (SSSR count). The molecule has 15 heavy (non-hydrogen) atoms. The van der Waals surface area contributed by atoms with Gasteiger partial charge in [-0.3, -0.25) is 0 Å². The summed E-state index contributed by atoms with van der Waals surface area (Å²) in [7, 11) is 0. The van der Waals surface area contributed by atoms with Crippen LogP contribution in [0.4, 0.5) is 11.4 Å². The van der Waals surface area contributed by atoms with Gasteiger partial charge in [0.25, 0.3) is 0 Å². The van der Waals surface area contributed by atoms with E-state index in [1.807, 2.05) is 18.2 Å². The van der Waals surface area contributed by atoms with Gasteiger partial charge in [-0.05, 0) is 43.2 Å². The van der Waals surface area contributed by atoms with Gasteiger partial charge in [0.15, 0.2) is 0 Å². The summed E-state index contributed by atoms with van der Waals surface area (Å²) in [6, 6.07) is 16.7. The van der Waals surface area contributed by atoms with Gasteiger partial charge in [0.1, 0.15) is 0 Å². The molecule has 0 radical (unpaired) electrons. The third kappa shape index (κ3) is 2.38. The lowest BCUT2D eigenvalue weighted by Gasteiger charge is -2.10. The molecule has 0 bridgehead atoms. The van der Waals surface area contributed by atoms with Crippen molar-refractivity contribution < 1.29 is 0 Å². The highest BCUT2D eigenvalue weighted by Crippen LogP contribution is 2.21. The Bertz CT molecular complexity index is 446. The van der Waals surface area contributed by atoms with E-state index in [9.17, 15) is 0 Å². The second-order valence-electron chi connectivity index (χ2n) is 3.81. The molecule has 0 fully saturated rings. The molecule has 0 spiro atoms. The Morgan fingerprint density at radius 2 is 1.60 bits per heavy atom. The standard InChI is InChI=1S/C14H15N/c1-11-8-9-12(2)14(10-11)15-13-6-4-3-5-7-13/h3-10,15H,1-2H3. The van der Waals surface area contributed by atoms with Crippen LogP contribution in [0.25, 0.3) is 0 Å². The molecule has 0 amide bonds. The van der Waals surface area contributed by atoms with Crippen molar-refractivity contribution in [3.8, 4) is 0 Å². The van der Waals surface area contributed by atoms with Gasteiger partial charge in [0.2, 0.25) is 0 Å². The van der Waals surface area contributed by atoms with Crippen LogP contribution in [-0.2, 0) is 0 Å². The minimum Gasteiger partial charge on any atom is -0.355 e. The monoisotopic (exact) mass is 197 g/mol. The Kier molecular flexibility index (Phi) is 2.72. The normalized spacial score (nSPS) is 10.0. The van der Waals surface area contributed by atoms with Crippen LogP contribution in [0.15, 0.2) is 48.5 Å². The van der Waals surface area contributed by atoms with Gasteiger partial charge in [-0.2, -0.15) is 0 Å². The third-order valence-electron chi connectivity index (χ3n) is 2.45. The van der Waals surface area contributed by atoms with E-state index in [4.69, 9.17) is 0 Å². The maximum absolute atomic E-state index is 3.41. The van der Waals surface area contributed by atoms with Crippen molar-refractivity contribution in [2.45, 2.75) is 13.8 Å². The van der Waals surface area contributed by atoms with Crippen molar-refractivity contribution in [2.24, 2.45) is 0 Å². The lowest BCUT2D eigenvalue weighted by Crippen LogP contribution is -1.93. The SMILES string of the molecule is Cc1ccc(C)c(Nc2ccccc2)c1. The maximum Gasteiger partial charge on any atom is 0.0416 e. The summed E-state index contributed by atoms with van der Waals surface area (Å²) in [6.07, 6.45) is 0. The van der Waals surface area contributed by atoms with E-state index >= 15 is 0 Å². The Hall–Kier alpha value is -1.76. The van der Waals surface area contributed by atoms with E-state index in [-0.39, 0.29) is 0 Å². The zero-order valence-corrected chi connectivity index (χ0v) is 9.12. The van der Waals surface area contributed by atoms with Crippen molar-refractivity contribution in [2.75, 3.05) is 5.32 Å². The maximum atomic E-state index is 3.41. The lowest BCUT2D eigenvalue weighted by atomic mass is 10.1. The predicted octanol–water partition coefficient (Wildman–Crippen LogP) is 4.05. The van der Waals surface area contributed by atoms with Gasteiger partial charge in [-0.25, -0.2) is 0 Å². The fourth-order valence-corrected chi connectivity index (χ4v) is 1.55. The van der Waals surface area contributed by atoms with E-state index < -0.39 is 0 Å². The van der Waals surface area contributed by atoms with Crippen LogP contribution in [0, 0.1) is 13.8 Å². The first-order chi connectivity index (χ1) is 7.25. The fourth-order valence-electron chi connectivity index (χ4n) is 1.55. The molecule has 1 nitrogen and oxygen atoms in total. The number of anilines is 2. The summed E-state index contributed by atoms with van der Waals surface area (Å²) in [5.74, 6) is 0. The molecule has 0 saturated carbocycles. The first-order valence-corrected chi connectivity index (χ1v) is 5.15. The Morgan fingerprint density at radius 3 is 2.33 bits per heavy atom. The number of para-hydroxylation sites is 1. The van der Waals surface area contributed by atoms with Crippen LogP contribution >= 0.6 is 0 Å². The van der Waals surface area contributed by atoms with Crippen molar-refractivity contribution in [1.82, 2.24) is 0 Å². The summed E-state index contributed by atoms with van der Waals surface area (Å²) in [6.45, 7) is 4.22. The summed E-state index contributed by atoms with van der Waals surface area (Å²) < 4.78 is 0. The molecular formula is C14H15N. The number of hydrogen-bond donors (Lipinski definition) is 1. The minimum atomic E-state index is 1.13. The minimum absolute atomic E-state index is 1.13. The fraction of sp³-hybridized carbons (Fsp3) is 0.143. The van der Waals surface area contributed by atoms with Crippen LogP contribution in [-0.4, -0.2) is 0 Å². The second-order valence-corrected chi connectivity index (χ2v) is 3.81. The zero-order valence-electron chi connectivity index (χ0n) is 9.12. The lowest BCUT2D eigenvalue weighted by molar-refractivity contribution is 1.38. The smallest absolute Gasteiger partial charge is 0.0416 e. The molecule has 0 aliphatic carbocycles. The van der Waals surface area contributed by atoms with Crippen LogP contribution in [0.3, 0.4) is 0 Å². The highest BCUT2D eigenvalue weighted by molar-refractivity contribution is 5.63. The zero-order chi connectivity index (χ0) is 10.7. The molecule has 0 heterocycles. The number of rotatable bonds is 2. The van der Waals surface area contributed by atoms with Gasteiger partial charge in [-0.1, -0.05) is 30.3 Å². The number of benzene rings is 2. The molecule has 0 aliphatic heterocycles. The Labute approximate surface area is 90.8 Å². The molecule has 0 unspecified atom stereocenters. The average molecular weight is 197 g/mol. The van der Waals surface area contributed by atoms with Crippen LogP contribution in [0.2, 0.25) is 0 Å². The molecule has 0 saturated heterocycles. The van der Waals surface area contributed by atoms with E-state index in [0.29, 0.717) is 0 Å². The summed E-state index contributed by atoms with van der Waals surface area (Å²) in [4.78, 5) is 0. The van der Waals surface area contributed by atoms with Gasteiger partial charge in [0, 0.05) is 11.4 Å². The molecule has 76 valence electrons. The summed E-state index contributed by atoms with van der Waals surface area (Å²) >= 11 is 0. The average Bonchev–Trinajstić information content (AvgIpc) is 2.25. The molecule has 0 atom stereocenters. The third-order valence-corrected chi connectivity index (χ3v) is 2.45. The summed E-state index contributed by atoms with van der Waals surface area (Å²) in [5, 5.41) is 3.41. The van der Waals surface area contributed by atoms with E-state index in [1.54, 1.807) is 0 Å². The molecule has 0 aromatic heterocycles. The van der Waals surface area contributed by atoms with E-state index in [2.05, 4.69) is 49.5 Å². The van der Waals surface area contributed by atoms with E-state index in [0.717, 1.165) is 5.69 Å². The van der Waals surface area contributed by atoms with Crippen molar-refractivity contribution in [3.05, 3.63) is 59.7 Å². The molecular weight excluding hydrogens is 182 g/mol. The number of hydrogen-bond acceptors (Lipinski definition) is 1. The largest absolute Gasteiger partial charge is 0.355 e. The van der Waals surface area contributed by atoms with E-state index in [1.165, 1.54) is 16.8 Å². The van der Waals surface area contributed by atoms with Crippen LogP contribution < -0.4 is 5.32 Å². The number of aryl methyl sites for hydroxylation is 2. The van der Waals surface area contributed by atoms with Gasteiger partial charge < -0.3 is 5.32 Å². The quantitative estimate of drug-likeness (QED) is 0.766. The van der Waals surface area contributed by atoms with Crippen LogP contribution in [0.5, 0.6) is 0 Å². The summed E-state index contributed by atoms with van der Waals surface area (Å²) in [5.41, 5.74) is 4.86.